The van der Waals surface area contributed by atoms with Gasteiger partial charge in [0.05, 0.1) is 36.8 Å². The second kappa shape index (κ2) is 7.98. The van der Waals surface area contributed by atoms with Gasteiger partial charge in [-0.15, -0.1) is 0 Å². The highest BCUT2D eigenvalue weighted by Gasteiger charge is 2.19. The summed E-state index contributed by atoms with van der Waals surface area (Å²) in [4.78, 5) is 1.72. The number of aromatic nitrogens is 1. The molecule has 6 N–H and O–H groups in total. The lowest BCUT2D eigenvalue weighted by molar-refractivity contribution is 0.0839. The van der Waals surface area contributed by atoms with Crippen LogP contribution in [-0.2, 0) is 0 Å². The average Bonchev–Trinajstić information content (AvgIpc) is 3.08. The first-order chi connectivity index (χ1) is 11.0. The number of nitrogens with two attached hydrogens (primary N) is 1. The zero-order valence-corrected chi connectivity index (χ0v) is 12.8. The molecule has 1 aromatic heterocycles. The maximum atomic E-state index is 9.78. The Morgan fingerprint density at radius 3 is 2.09 bits per heavy atom. The molecule has 1 aromatic carbocycles. The number of benzene rings is 1. The molecule has 7 heteroatoms. The molecule has 0 saturated heterocycles. The summed E-state index contributed by atoms with van der Waals surface area (Å²) in [6, 6.07) is 9.06. The molecule has 2 rings (SSSR count). The van der Waals surface area contributed by atoms with E-state index in [1.54, 1.807) is 23.1 Å². The van der Waals surface area contributed by atoms with Gasteiger partial charge in [0.1, 0.15) is 0 Å². The molecule has 0 bridgehead atoms. The van der Waals surface area contributed by atoms with Crippen LogP contribution in [0.15, 0.2) is 42.7 Å². The molecule has 2 aromatic rings. The van der Waals surface area contributed by atoms with Gasteiger partial charge >= 0.3 is 0 Å². The lowest BCUT2D eigenvalue weighted by Crippen LogP contribution is -2.40. The fraction of sp³-hybridized carbons (Fsp3) is 0.375. The van der Waals surface area contributed by atoms with E-state index in [0.717, 1.165) is 11.4 Å². The van der Waals surface area contributed by atoms with Gasteiger partial charge in [-0.1, -0.05) is 0 Å². The van der Waals surface area contributed by atoms with Crippen molar-refractivity contribution in [3.8, 4) is 5.69 Å². The molecule has 0 saturated carbocycles. The third-order valence-corrected chi connectivity index (χ3v) is 3.51. The fourth-order valence-electron chi connectivity index (χ4n) is 2.41. The van der Waals surface area contributed by atoms with Crippen molar-refractivity contribution in [2.75, 3.05) is 36.9 Å². The smallest absolute Gasteiger partial charge is 0.0945 e. The second-order valence-electron chi connectivity index (χ2n) is 5.42. The number of nitrogen functional groups attached to an aromatic ring is 1. The minimum Gasteiger partial charge on any atom is -0.399 e. The molecule has 0 radical (unpaired) electrons. The predicted octanol–water partition coefficient (Wildman–Crippen LogP) is -0.428. The molecule has 126 valence electrons. The van der Waals surface area contributed by atoms with Gasteiger partial charge in [-0.05, 0) is 30.3 Å². The van der Waals surface area contributed by atoms with Gasteiger partial charge in [-0.25, -0.2) is 0 Å². The number of aliphatic hydroxyl groups is 4. The Balaban J connectivity index is 2.40. The van der Waals surface area contributed by atoms with E-state index in [-0.39, 0.29) is 26.3 Å². The van der Waals surface area contributed by atoms with Crippen LogP contribution in [0.25, 0.3) is 5.69 Å². The van der Waals surface area contributed by atoms with Crippen LogP contribution in [0.4, 0.5) is 11.4 Å². The fourth-order valence-corrected chi connectivity index (χ4v) is 2.41. The number of nitrogens with zero attached hydrogens (tertiary/aromatic N) is 2. The molecule has 2 unspecified atom stereocenters. The number of rotatable bonds is 8. The SMILES string of the molecule is Nc1ccc(N(CC(O)CO)CC(O)CO)c(-n2cccc2)c1. The molecule has 0 amide bonds. The number of hydrogen-bond donors (Lipinski definition) is 5. The third kappa shape index (κ3) is 4.46. The third-order valence-electron chi connectivity index (χ3n) is 3.51. The van der Waals surface area contributed by atoms with E-state index in [0.29, 0.717) is 5.69 Å². The largest absolute Gasteiger partial charge is 0.399 e. The maximum Gasteiger partial charge on any atom is 0.0945 e. The highest BCUT2D eigenvalue weighted by atomic mass is 16.3. The first-order valence-electron chi connectivity index (χ1n) is 7.40. The minimum absolute atomic E-state index is 0.117. The van der Waals surface area contributed by atoms with Crippen LogP contribution in [0.3, 0.4) is 0 Å². The van der Waals surface area contributed by atoms with Crippen molar-refractivity contribution in [3.05, 3.63) is 42.7 Å². The Kier molecular flexibility index (Phi) is 6.00. The standard InChI is InChI=1S/C16H23N3O4/c17-12-3-4-15(16(7-12)18-5-1-2-6-18)19(8-13(22)10-20)9-14(23)11-21/h1-7,13-14,20-23H,8-11,17H2. The van der Waals surface area contributed by atoms with Crippen molar-refractivity contribution < 1.29 is 20.4 Å². The Hall–Kier alpha value is -2.06. The second-order valence-corrected chi connectivity index (χ2v) is 5.42. The van der Waals surface area contributed by atoms with E-state index in [9.17, 15) is 10.2 Å². The van der Waals surface area contributed by atoms with Crippen molar-refractivity contribution >= 4 is 11.4 Å². The van der Waals surface area contributed by atoms with Crippen LogP contribution >= 0.6 is 0 Å². The van der Waals surface area contributed by atoms with Crippen molar-refractivity contribution in [2.24, 2.45) is 0 Å². The lowest BCUT2D eigenvalue weighted by atomic mass is 10.2. The van der Waals surface area contributed by atoms with Crippen LogP contribution < -0.4 is 10.6 Å². The van der Waals surface area contributed by atoms with E-state index in [1.165, 1.54) is 0 Å². The molecule has 0 aliphatic carbocycles. The molecule has 7 nitrogen and oxygen atoms in total. The van der Waals surface area contributed by atoms with Crippen molar-refractivity contribution in [3.63, 3.8) is 0 Å². The number of hydrogen-bond acceptors (Lipinski definition) is 6. The summed E-state index contributed by atoms with van der Waals surface area (Å²) in [5.74, 6) is 0. The summed E-state index contributed by atoms with van der Waals surface area (Å²) >= 11 is 0. The molecule has 0 spiro atoms. The van der Waals surface area contributed by atoms with E-state index >= 15 is 0 Å². The van der Waals surface area contributed by atoms with E-state index < -0.39 is 12.2 Å². The zero-order valence-electron chi connectivity index (χ0n) is 12.8. The highest BCUT2D eigenvalue weighted by molar-refractivity contribution is 5.68. The van der Waals surface area contributed by atoms with Crippen LogP contribution in [0.2, 0.25) is 0 Å². The monoisotopic (exact) mass is 321 g/mol. The van der Waals surface area contributed by atoms with Gasteiger partial charge in [0.2, 0.25) is 0 Å². The van der Waals surface area contributed by atoms with Gasteiger partial charge in [0.25, 0.3) is 0 Å². The van der Waals surface area contributed by atoms with Gasteiger partial charge < -0.3 is 35.6 Å². The summed E-state index contributed by atoms with van der Waals surface area (Å²) in [5, 5.41) is 37.8. The summed E-state index contributed by atoms with van der Waals surface area (Å²) in [5.41, 5.74) is 7.98. The van der Waals surface area contributed by atoms with Crippen molar-refractivity contribution in [1.29, 1.82) is 0 Å². The number of aliphatic hydroxyl groups excluding tert-OH is 4. The molecule has 0 aliphatic heterocycles. The summed E-state index contributed by atoms with van der Waals surface area (Å²) in [6.45, 7) is -0.545. The van der Waals surface area contributed by atoms with Crippen LogP contribution in [0.5, 0.6) is 0 Å². The Bertz CT molecular complexity index is 591. The highest BCUT2D eigenvalue weighted by Crippen LogP contribution is 2.27. The van der Waals surface area contributed by atoms with Gasteiger partial charge in [0.15, 0.2) is 0 Å². The predicted molar refractivity (Wildman–Crippen MR) is 88.6 cm³/mol. The van der Waals surface area contributed by atoms with Crippen LogP contribution in [0.1, 0.15) is 0 Å². The van der Waals surface area contributed by atoms with Gasteiger partial charge in [0, 0.05) is 31.2 Å². The lowest BCUT2D eigenvalue weighted by Gasteiger charge is -2.30. The summed E-state index contributed by atoms with van der Waals surface area (Å²) in [7, 11) is 0. The van der Waals surface area contributed by atoms with E-state index in [2.05, 4.69) is 0 Å². The van der Waals surface area contributed by atoms with Crippen molar-refractivity contribution in [1.82, 2.24) is 4.57 Å². The van der Waals surface area contributed by atoms with Crippen LogP contribution in [-0.4, -0.2) is 63.5 Å². The summed E-state index contributed by atoms with van der Waals surface area (Å²) in [6.07, 6.45) is 1.80. The Labute approximate surface area is 134 Å². The number of anilines is 2. The molecule has 0 fully saturated rings. The van der Waals surface area contributed by atoms with E-state index in [4.69, 9.17) is 15.9 Å². The quantitative estimate of drug-likeness (QED) is 0.422. The molecule has 0 aliphatic rings. The topological polar surface area (TPSA) is 115 Å². The molecule has 2 atom stereocenters. The molecular weight excluding hydrogens is 298 g/mol. The Morgan fingerprint density at radius 2 is 1.57 bits per heavy atom. The average molecular weight is 321 g/mol. The normalized spacial score (nSPS) is 13.7. The molecular formula is C16H23N3O4. The van der Waals surface area contributed by atoms with Gasteiger partial charge in [-0.2, -0.15) is 0 Å². The minimum atomic E-state index is -0.962. The molecule has 1 heterocycles. The first kappa shape index (κ1) is 17.3. The summed E-state index contributed by atoms with van der Waals surface area (Å²) < 4.78 is 1.87. The Morgan fingerprint density at radius 1 is 1.00 bits per heavy atom. The van der Waals surface area contributed by atoms with E-state index in [1.807, 2.05) is 29.1 Å². The zero-order chi connectivity index (χ0) is 16.8. The maximum absolute atomic E-state index is 9.78. The van der Waals surface area contributed by atoms with Crippen molar-refractivity contribution in [2.45, 2.75) is 12.2 Å². The van der Waals surface area contributed by atoms with Crippen LogP contribution in [0, 0.1) is 0 Å². The first-order valence-corrected chi connectivity index (χ1v) is 7.40. The molecule has 23 heavy (non-hydrogen) atoms. The van der Waals surface area contributed by atoms with Gasteiger partial charge in [-0.3, -0.25) is 0 Å².